The largest absolute Gasteiger partial charge is 0.393 e. The molecule has 8 heteroatoms. The quantitative estimate of drug-likeness (QED) is 0.871. The molecule has 2 aromatic rings. The molecule has 2 heterocycles. The topological polar surface area (TPSA) is 92.9 Å². The number of carbonyl (C=O) groups is 1. The number of tetrazole rings is 1. The summed E-state index contributed by atoms with van der Waals surface area (Å²) in [4.78, 5) is 12.9. The van der Waals surface area contributed by atoms with Crippen LogP contribution in [0, 0.1) is 0 Å². The zero-order valence-corrected chi connectivity index (χ0v) is 11.6. The summed E-state index contributed by atoms with van der Waals surface area (Å²) in [7, 11) is 0. The van der Waals surface area contributed by atoms with Crippen LogP contribution < -0.4 is 5.32 Å². The van der Waals surface area contributed by atoms with Gasteiger partial charge in [-0.05, 0) is 47.6 Å². The van der Waals surface area contributed by atoms with Gasteiger partial charge in [-0.3, -0.25) is 4.79 Å². The van der Waals surface area contributed by atoms with Gasteiger partial charge in [0.05, 0.1) is 11.8 Å². The molecule has 7 nitrogen and oxygen atoms in total. The van der Waals surface area contributed by atoms with Gasteiger partial charge < -0.3 is 10.4 Å². The average molecular weight is 293 g/mol. The Balaban J connectivity index is 1.70. The van der Waals surface area contributed by atoms with Crippen LogP contribution >= 0.6 is 11.3 Å². The summed E-state index contributed by atoms with van der Waals surface area (Å²) in [6.07, 6.45) is 4.37. The molecule has 106 valence electrons. The first-order chi connectivity index (χ1) is 9.74. The second-order valence-corrected chi connectivity index (χ2v) is 5.78. The van der Waals surface area contributed by atoms with Gasteiger partial charge >= 0.3 is 0 Å². The van der Waals surface area contributed by atoms with E-state index in [0.29, 0.717) is 10.6 Å². The van der Waals surface area contributed by atoms with Crippen molar-refractivity contribution in [3.8, 4) is 5.69 Å². The predicted molar refractivity (Wildman–Crippen MR) is 72.8 cm³/mol. The van der Waals surface area contributed by atoms with Crippen molar-refractivity contribution in [1.29, 1.82) is 0 Å². The number of aliphatic hydroxyl groups is 1. The molecule has 0 atom stereocenters. The second kappa shape index (κ2) is 5.68. The fraction of sp³-hybridized carbons (Fsp3) is 0.500. The molecule has 1 aliphatic carbocycles. The Labute approximate surface area is 119 Å². The Morgan fingerprint density at radius 1 is 1.40 bits per heavy atom. The maximum Gasteiger partial charge on any atom is 0.263 e. The van der Waals surface area contributed by atoms with Crippen LogP contribution in [0.15, 0.2) is 17.8 Å². The summed E-state index contributed by atoms with van der Waals surface area (Å²) >= 11 is 1.37. The molecule has 0 bridgehead atoms. The second-order valence-electron chi connectivity index (χ2n) is 4.87. The minimum absolute atomic E-state index is 0.105. The van der Waals surface area contributed by atoms with E-state index in [4.69, 9.17) is 0 Å². The summed E-state index contributed by atoms with van der Waals surface area (Å²) in [6, 6.07) is 1.95. The number of carbonyl (C=O) groups excluding carboxylic acids is 1. The normalized spacial score (nSPS) is 22.6. The van der Waals surface area contributed by atoms with Gasteiger partial charge in [0, 0.05) is 6.04 Å². The minimum atomic E-state index is -0.221. The van der Waals surface area contributed by atoms with Crippen molar-refractivity contribution in [2.24, 2.45) is 0 Å². The zero-order chi connectivity index (χ0) is 13.9. The van der Waals surface area contributed by atoms with E-state index in [-0.39, 0.29) is 18.1 Å². The van der Waals surface area contributed by atoms with Gasteiger partial charge in [0.15, 0.2) is 0 Å². The molecular weight excluding hydrogens is 278 g/mol. The number of aromatic nitrogens is 4. The molecule has 0 aliphatic heterocycles. The number of hydrogen-bond acceptors (Lipinski definition) is 6. The lowest BCUT2D eigenvalue weighted by Crippen LogP contribution is -2.38. The fourth-order valence-corrected chi connectivity index (χ4v) is 3.18. The van der Waals surface area contributed by atoms with E-state index in [9.17, 15) is 9.90 Å². The van der Waals surface area contributed by atoms with Crippen LogP contribution in [-0.2, 0) is 0 Å². The van der Waals surface area contributed by atoms with Crippen molar-refractivity contribution < 1.29 is 9.90 Å². The molecule has 1 aliphatic rings. The van der Waals surface area contributed by atoms with Crippen LogP contribution in [0.5, 0.6) is 0 Å². The van der Waals surface area contributed by atoms with E-state index in [2.05, 4.69) is 20.8 Å². The van der Waals surface area contributed by atoms with Gasteiger partial charge in [0.25, 0.3) is 5.91 Å². The zero-order valence-electron chi connectivity index (χ0n) is 10.8. The number of rotatable bonds is 3. The lowest BCUT2D eigenvalue weighted by atomic mass is 9.93. The molecular formula is C12H15N5O2S. The molecule has 1 saturated carbocycles. The third kappa shape index (κ3) is 2.70. The lowest BCUT2D eigenvalue weighted by molar-refractivity contribution is 0.0871. The first-order valence-electron chi connectivity index (χ1n) is 6.54. The SMILES string of the molecule is O=C(NC1CCC(O)CC1)c1sccc1-n1cnnn1. The Morgan fingerprint density at radius 3 is 2.90 bits per heavy atom. The summed E-state index contributed by atoms with van der Waals surface area (Å²) < 4.78 is 1.48. The van der Waals surface area contributed by atoms with Crippen molar-refractivity contribution in [3.63, 3.8) is 0 Å². The third-order valence-electron chi connectivity index (χ3n) is 3.48. The van der Waals surface area contributed by atoms with Crippen LogP contribution in [0.25, 0.3) is 5.69 Å². The molecule has 0 aromatic carbocycles. The van der Waals surface area contributed by atoms with Gasteiger partial charge in [-0.15, -0.1) is 16.4 Å². The molecule has 0 spiro atoms. The highest BCUT2D eigenvalue weighted by molar-refractivity contribution is 7.12. The molecule has 0 unspecified atom stereocenters. The summed E-state index contributed by atoms with van der Waals surface area (Å²) in [6.45, 7) is 0. The van der Waals surface area contributed by atoms with Crippen molar-refractivity contribution in [2.45, 2.75) is 37.8 Å². The van der Waals surface area contributed by atoms with Gasteiger partial charge in [0.2, 0.25) is 0 Å². The number of hydrogen-bond donors (Lipinski definition) is 2. The first kappa shape index (κ1) is 13.2. The molecule has 2 N–H and O–H groups in total. The molecule has 0 saturated heterocycles. The van der Waals surface area contributed by atoms with Crippen molar-refractivity contribution in [1.82, 2.24) is 25.5 Å². The van der Waals surface area contributed by atoms with Crippen LogP contribution in [-0.4, -0.2) is 43.4 Å². The molecule has 0 radical (unpaired) electrons. The van der Waals surface area contributed by atoms with Gasteiger partial charge in [0.1, 0.15) is 11.2 Å². The highest BCUT2D eigenvalue weighted by atomic mass is 32.1. The van der Waals surface area contributed by atoms with Crippen molar-refractivity contribution in [3.05, 3.63) is 22.7 Å². The molecule has 20 heavy (non-hydrogen) atoms. The van der Waals surface area contributed by atoms with E-state index < -0.39 is 0 Å². The first-order valence-corrected chi connectivity index (χ1v) is 7.42. The molecule has 2 aromatic heterocycles. The minimum Gasteiger partial charge on any atom is -0.393 e. The summed E-state index contributed by atoms with van der Waals surface area (Å²) in [5, 5.41) is 25.3. The summed E-state index contributed by atoms with van der Waals surface area (Å²) in [5.41, 5.74) is 0.688. The van der Waals surface area contributed by atoms with Crippen LogP contribution in [0.3, 0.4) is 0 Å². The summed E-state index contributed by atoms with van der Waals surface area (Å²) in [5.74, 6) is -0.105. The van der Waals surface area contributed by atoms with Gasteiger partial charge in [-0.1, -0.05) is 0 Å². The van der Waals surface area contributed by atoms with E-state index in [1.807, 2.05) is 11.4 Å². The Morgan fingerprint density at radius 2 is 2.20 bits per heavy atom. The lowest BCUT2D eigenvalue weighted by Gasteiger charge is -2.26. The van der Waals surface area contributed by atoms with E-state index in [1.165, 1.54) is 22.3 Å². The maximum atomic E-state index is 12.3. The van der Waals surface area contributed by atoms with Crippen LogP contribution in [0.4, 0.5) is 0 Å². The molecule has 1 fully saturated rings. The average Bonchev–Trinajstić information content (AvgIpc) is 3.11. The van der Waals surface area contributed by atoms with Crippen molar-refractivity contribution >= 4 is 17.2 Å². The monoisotopic (exact) mass is 293 g/mol. The van der Waals surface area contributed by atoms with Gasteiger partial charge in [-0.25, -0.2) is 0 Å². The van der Waals surface area contributed by atoms with Gasteiger partial charge in [-0.2, -0.15) is 4.68 Å². The van der Waals surface area contributed by atoms with Crippen molar-refractivity contribution in [2.75, 3.05) is 0 Å². The highest BCUT2D eigenvalue weighted by Gasteiger charge is 2.23. The Hall–Kier alpha value is -1.80. The standard InChI is InChI=1S/C12H15N5O2S/c18-9-3-1-8(2-4-9)14-12(19)11-10(5-6-20-11)17-7-13-15-16-17/h5-9,18H,1-4H2,(H,14,19). The molecule has 1 amide bonds. The smallest absolute Gasteiger partial charge is 0.263 e. The van der Waals surface area contributed by atoms with E-state index >= 15 is 0 Å². The van der Waals surface area contributed by atoms with Crippen LogP contribution in [0.2, 0.25) is 0 Å². The highest BCUT2D eigenvalue weighted by Crippen LogP contribution is 2.22. The fourth-order valence-electron chi connectivity index (χ4n) is 2.40. The number of thiophene rings is 1. The number of amides is 1. The number of aliphatic hydroxyl groups excluding tert-OH is 1. The molecule has 3 rings (SSSR count). The number of nitrogens with one attached hydrogen (secondary N) is 1. The van der Waals surface area contributed by atoms with E-state index in [1.54, 1.807) is 0 Å². The maximum absolute atomic E-state index is 12.3. The number of nitrogens with zero attached hydrogens (tertiary/aromatic N) is 4. The Bertz CT molecular complexity index is 574. The Kier molecular flexibility index (Phi) is 3.75. The predicted octanol–water partition coefficient (Wildman–Crippen LogP) is 0.757. The van der Waals surface area contributed by atoms with Crippen LogP contribution in [0.1, 0.15) is 35.4 Å². The van der Waals surface area contributed by atoms with E-state index in [0.717, 1.165) is 25.7 Å². The third-order valence-corrected chi connectivity index (χ3v) is 4.38.